The number of ether oxygens (including phenoxy) is 9. The Balaban J connectivity index is 1.19. The molecule has 5 N–H and O–H groups in total. The Labute approximate surface area is 465 Å². The molecule has 18 atom stereocenters. The molecule has 5 heterocycles. The Bertz CT molecular complexity index is 2540. The van der Waals surface area contributed by atoms with Crippen molar-refractivity contribution < 1.29 is 82.2 Å². The molecular weight excluding hydrogens is 1030 g/mol. The molecule has 1 aromatic heterocycles. The highest BCUT2D eigenvalue weighted by atomic mass is 16.7. The number of rotatable bonds is 17. The largest absolute Gasteiger partial charge is 0.489 e. The predicted octanol–water partition coefficient (Wildman–Crippen LogP) is 4.74. The molecule has 3 saturated heterocycles. The lowest BCUT2D eigenvalue weighted by atomic mass is 9.74. The van der Waals surface area contributed by atoms with Crippen LogP contribution in [0.25, 0.3) is 10.9 Å². The van der Waals surface area contributed by atoms with Crippen molar-refractivity contribution in [3.05, 3.63) is 39.7 Å². The monoisotopic (exact) mass is 1120 g/mol. The molecule has 0 spiro atoms. The molecule has 0 amide bonds. The van der Waals surface area contributed by atoms with Gasteiger partial charge in [-0.2, -0.15) is 0 Å². The van der Waals surface area contributed by atoms with Crippen molar-refractivity contribution in [1.29, 1.82) is 0 Å². The van der Waals surface area contributed by atoms with Crippen LogP contribution in [0.2, 0.25) is 0 Å². The normalized spacial score (nSPS) is 37.5. The van der Waals surface area contributed by atoms with Gasteiger partial charge in [0.25, 0.3) is 0 Å². The quantitative estimate of drug-likeness (QED) is 0.106. The molecule has 0 saturated carbocycles. The van der Waals surface area contributed by atoms with Gasteiger partial charge in [-0.15, -0.1) is 0 Å². The molecule has 21 nitrogen and oxygen atoms in total. The third kappa shape index (κ3) is 13.7. The maximum Gasteiger partial charge on any atom is 0.341 e. The molecule has 2 aromatic rings. The Hall–Kier alpha value is -4.13. The molecule has 79 heavy (non-hydrogen) atoms. The number of Topliss-reactive ketones (excluding diaryl/α,β-unsaturated/α-hetero) is 1. The highest BCUT2D eigenvalue weighted by molar-refractivity contribution is 5.95. The average Bonchev–Trinajstić information content (AvgIpc) is 3.40. The Kier molecular flexibility index (Phi) is 20.7. The van der Waals surface area contributed by atoms with E-state index >= 15 is 0 Å². The zero-order valence-corrected chi connectivity index (χ0v) is 49.4. The summed E-state index contributed by atoms with van der Waals surface area (Å²) in [6, 6.07) is 3.27. The molecule has 21 heteroatoms. The Morgan fingerprint density at radius 2 is 1.54 bits per heavy atom. The van der Waals surface area contributed by atoms with Crippen molar-refractivity contribution in [2.45, 2.75) is 218 Å². The van der Waals surface area contributed by atoms with Crippen LogP contribution in [0.1, 0.15) is 138 Å². The lowest BCUT2D eigenvalue weighted by molar-refractivity contribution is -0.320. The Morgan fingerprint density at radius 3 is 2.16 bits per heavy atom. The first-order chi connectivity index (χ1) is 36.9. The number of carbonyl (C=O) groups is 4. The average molecular weight is 1120 g/mol. The highest BCUT2D eigenvalue weighted by Gasteiger charge is 2.55. The summed E-state index contributed by atoms with van der Waals surface area (Å²) in [5.74, 6) is -6.13. The number of aryl methyl sites for hydroxylation is 1. The lowest BCUT2D eigenvalue weighted by Crippen LogP contribution is -2.61. The van der Waals surface area contributed by atoms with E-state index in [9.17, 15) is 44.4 Å². The summed E-state index contributed by atoms with van der Waals surface area (Å²) in [6.07, 6.45) is -7.08. The number of benzene rings is 1. The van der Waals surface area contributed by atoms with Crippen LogP contribution >= 0.6 is 0 Å². The minimum absolute atomic E-state index is 0.0162. The molecule has 446 valence electrons. The zero-order chi connectivity index (χ0) is 58.9. The maximum atomic E-state index is 14.6. The first-order valence-corrected chi connectivity index (χ1v) is 28.1. The van der Waals surface area contributed by atoms with Crippen LogP contribution in [0.5, 0.6) is 5.75 Å². The van der Waals surface area contributed by atoms with Crippen LogP contribution in [-0.4, -0.2) is 186 Å². The van der Waals surface area contributed by atoms with Crippen LogP contribution in [0.4, 0.5) is 0 Å². The number of carboxylic acid groups (broad SMARTS) is 1. The maximum absolute atomic E-state index is 14.6. The second-order valence-corrected chi connectivity index (χ2v) is 24.3. The summed E-state index contributed by atoms with van der Waals surface area (Å²) in [6.45, 7) is 21.9. The van der Waals surface area contributed by atoms with Gasteiger partial charge < -0.3 is 77.8 Å². The van der Waals surface area contributed by atoms with E-state index in [2.05, 4.69) is 5.32 Å². The van der Waals surface area contributed by atoms with Crippen molar-refractivity contribution in [3.63, 3.8) is 0 Å². The number of esters is 2. The van der Waals surface area contributed by atoms with Crippen LogP contribution in [-0.2, 0) is 64.2 Å². The number of aliphatic hydroxyl groups excluding tert-OH is 2. The SMILES string of the molecule is CC[C@H]1OC(=O)[C@H](C)[C@@H](O[C@H]2C[C@@](C)(OC)[C@@H](OC(=O)CCNCCCc3cc4c5c(c3)c(=O)c(C(=O)O)cn5C(C)(C)CO4)[C@H](C)O2)[C@H](C)[C@@H](O[C@H]2O[C@@H](C)C[C@@H](N(C)C)[C@@H]2O)[C@](C)(OC)C[C@@H](C)C(=O)[C@H](C)[C@@H](O)[C@]1(C)O. The summed E-state index contributed by atoms with van der Waals surface area (Å²) >= 11 is 0. The highest BCUT2D eigenvalue weighted by Crippen LogP contribution is 2.43. The number of ketones is 1. The summed E-state index contributed by atoms with van der Waals surface area (Å²) < 4.78 is 59.3. The molecule has 3 fully saturated rings. The molecule has 4 aliphatic rings. The van der Waals surface area contributed by atoms with Gasteiger partial charge in [-0.05, 0) is 126 Å². The number of carboxylic acids is 1. The summed E-state index contributed by atoms with van der Waals surface area (Å²) in [5.41, 5.74) is -4.59. The standard InChI is InChI=1S/C58H91N3O18/c1-17-41-58(12,70)49(66)32(4)45(63)30(2)26-56(10,71-15)50(79-54-47(65)39(60(13)14)23-31(3)74-54)33(5)48(34(6)53(69)76-41)78-43-27-57(11,72-16)51(35(7)75-43)77-42(62)20-22-59-21-18-19-36-24-37-44-40(25-36)73-29-55(8,9)61(44)28-38(46(37)64)52(67)68/h24-25,28,30-35,39,41,43,47-51,54,59,65-66,70H,17-23,26-27,29H2,1-16H3,(H,67,68)/t30-,31+,32+,33+,34-,35+,39-,41-,43+,47+,48+,49-,50-,51+,54-,56-,57-,58-/m1/s1. The van der Waals surface area contributed by atoms with Gasteiger partial charge in [0, 0.05) is 57.2 Å². The molecule has 0 radical (unpaired) electrons. The number of nitrogens with zero attached hydrogens (tertiary/aromatic N) is 2. The second kappa shape index (κ2) is 25.6. The second-order valence-electron chi connectivity index (χ2n) is 24.3. The van der Waals surface area contributed by atoms with Crippen LogP contribution in [0, 0.1) is 23.7 Å². The number of likely N-dealkylation sites (N-methyl/N-ethyl adjacent to an activating group) is 1. The van der Waals surface area contributed by atoms with Gasteiger partial charge in [-0.25, -0.2) is 4.79 Å². The van der Waals surface area contributed by atoms with E-state index in [-0.39, 0.29) is 61.1 Å². The number of hydrogen-bond donors (Lipinski definition) is 5. The minimum atomic E-state index is -2.03. The number of aromatic nitrogens is 1. The van der Waals surface area contributed by atoms with Crippen molar-refractivity contribution in [3.8, 4) is 5.75 Å². The van der Waals surface area contributed by atoms with Gasteiger partial charge in [0.15, 0.2) is 18.7 Å². The molecule has 0 aliphatic carbocycles. The van der Waals surface area contributed by atoms with E-state index in [0.29, 0.717) is 43.7 Å². The molecule has 6 rings (SSSR count). The molecule has 4 aliphatic heterocycles. The van der Waals surface area contributed by atoms with Crippen LogP contribution < -0.4 is 15.5 Å². The fourth-order valence-corrected chi connectivity index (χ4v) is 12.4. The summed E-state index contributed by atoms with van der Waals surface area (Å²) in [7, 11) is 6.72. The number of pyridine rings is 1. The minimum Gasteiger partial charge on any atom is -0.489 e. The number of methoxy groups -OCH3 is 2. The molecule has 0 unspecified atom stereocenters. The van der Waals surface area contributed by atoms with Crippen molar-refractivity contribution in [2.24, 2.45) is 23.7 Å². The van der Waals surface area contributed by atoms with Gasteiger partial charge in [-0.1, -0.05) is 27.7 Å². The van der Waals surface area contributed by atoms with Crippen molar-refractivity contribution in [1.82, 2.24) is 14.8 Å². The summed E-state index contributed by atoms with van der Waals surface area (Å²) in [5, 5.41) is 48.7. The van der Waals surface area contributed by atoms with E-state index in [1.54, 1.807) is 47.6 Å². The van der Waals surface area contributed by atoms with E-state index in [1.165, 1.54) is 34.3 Å². The lowest BCUT2D eigenvalue weighted by Gasteiger charge is -2.50. The third-order valence-electron chi connectivity index (χ3n) is 17.4. The first kappa shape index (κ1) is 64.0. The first-order valence-electron chi connectivity index (χ1n) is 28.1. The third-order valence-corrected chi connectivity index (χ3v) is 17.4. The van der Waals surface area contributed by atoms with Gasteiger partial charge >= 0.3 is 17.9 Å². The fraction of sp³-hybridized carbons (Fsp3) is 0.776. The number of hydrogen-bond acceptors (Lipinski definition) is 19. The van der Waals surface area contributed by atoms with Crippen molar-refractivity contribution in [2.75, 3.05) is 48.0 Å². The smallest absolute Gasteiger partial charge is 0.341 e. The number of cyclic esters (lactones) is 1. The number of aromatic carboxylic acids is 1. The van der Waals surface area contributed by atoms with Crippen molar-refractivity contribution >= 4 is 34.6 Å². The van der Waals surface area contributed by atoms with Crippen LogP contribution in [0.15, 0.2) is 23.1 Å². The molecule has 0 bridgehead atoms. The number of nitrogens with one attached hydrogen (secondary N) is 1. The van der Waals surface area contributed by atoms with E-state index in [0.717, 1.165) is 5.56 Å². The van der Waals surface area contributed by atoms with Gasteiger partial charge in [-0.3, -0.25) is 19.2 Å². The van der Waals surface area contributed by atoms with E-state index in [1.807, 2.05) is 57.3 Å². The van der Waals surface area contributed by atoms with Gasteiger partial charge in [0.1, 0.15) is 47.1 Å². The molecular formula is C58H91N3O18. The topological polar surface area (TPSA) is 270 Å². The van der Waals surface area contributed by atoms with Crippen LogP contribution in [0.3, 0.4) is 0 Å². The molecule has 1 aromatic carbocycles. The van der Waals surface area contributed by atoms with E-state index < -0.39 is 125 Å². The van der Waals surface area contributed by atoms with E-state index in [4.69, 9.17) is 42.6 Å². The predicted molar refractivity (Wildman–Crippen MR) is 291 cm³/mol. The Morgan fingerprint density at radius 1 is 0.886 bits per heavy atom. The fourth-order valence-electron chi connectivity index (χ4n) is 12.4. The van der Waals surface area contributed by atoms with Gasteiger partial charge in [0.05, 0.1) is 64.9 Å². The summed E-state index contributed by atoms with van der Waals surface area (Å²) in [4.78, 5) is 69.6. The zero-order valence-electron chi connectivity index (χ0n) is 49.4. The van der Waals surface area contributed by atoms with Gasteiger partial charge in [0.2, 0.25) is 5.43 Å². The number of aliphatic hydroxyl groups is 3. The number of carbonyl (C=O) groups excluding carboxylic acids is 3.